The topological polar surface area (TPSA) is 58.6 Å². The summed E-state index contributed by atoms with van der Waals surface area (Å²) >= 11 is 0. The molecule has 1 saturated heterocycles. The molecule has 2 amide bonds. The van der Waals surface area contributed by atoms with Crippen molar-refractivity contribution in [3.05, 3.63) is 0 Å². The van der Waals surface area contributed by atoms with Crippen molar-refractivity contribution < 1.29 is 15.8 Å². The Hall–Kier alpha value is -1.26. The van der Waals surface area contributed by atoms with E-state index in [1.165, 1.54) is 0 Å². The van der Waals surface area contributed by atoms with Gasteiger partial charge >= 0.3 is 6.09 Å². The smallest absolute Gasteiger partial charge is 0.409 e. The van der Waals surface area contributed by atoms with Gasteiger partial charge in [0.1, 0.15) is 0 Å². The summed E-state index contributed by atoms with van der Waals surface area (Å²) in [6.45, 7) is 6.47. The predicted molar refractivity (Wildman–Crippen MR) is 71.4 cm³/mol. The molecule has 5 nitrogen and oxygen atoms in total. The molecule has 106 valence electrons. The third-order valence-electron chi connectivity index (χ3n) is 3.15. The Balaban J connectivity index is 0.00000324. The normalized spacial score (nSPS) is 16.4. The second kappa shape index (κ2) is 7.95. The SMILES string of the molecule is CCCOC(=O)N1CCC(CC(=O)NCC)CC1.[HH]. The average molecular weight is 258 g/mol. The number of hydrogen-bond donors (Lipinski definition) is 1. The van der Waals surface area contributed by atoms with Gasteiger partial charge in [-0.15, -0.1) is 0 Å². The number of carbonyl (C=O) groups is 2. The van der Waals surface area contributed by atoms with Crippen LogP contribution >= 0.6 is 0 Å². The third-order valence-corrected chi connectivity index (χ3v) is 3.15. The van der Waals surface area contributed by atoms with Gasteiger partial charge in [-0.3, -0.25) is 4.79 Å². The van der Waals surface area contributed by atoms with E-state index in [0.29, 0.717) is 38.6 Å². The zero-order valence-corrected chi connectivity index (χ0v) is 11.4. The fourth-order valence-corrected chi connectivity index (χ4v) is 2.13. The molecule has 0 unspecified atom stereocenters. The zero-order chi connectivity index (χ0) is 13.4. The lowest BCUT2D eigenvalue weighted by atomic mass is 9.93. The van der Waals surface area contributed by atoms with E-state index in [0.717, 1.165) is 19.3 Å². The van der Waals surface area contributed by atoms with Crippen molar-refractivity contribution in [3.63, 3.8) is 0 Å². The molecular weight excluding hydrogens is 232 g/mol. The molecule has 0 atom stereocenters. The van der Waals surface area contributed by atoms with Crippen LogP contribution in [0.25, 0.3) is 0 Å². The average Bonchev–Trinajstić information content (AvgIpc) is 2.37. The monoisotopic (exact) mass is 258 g/mol. The minimum absolute atomic E-state index is 0. The van der Waals surface area contributed by atoms with E-state index in [-0.39, 0.29) is 13.4 Å². The lowest BCUT2D eigenvalue weighted by Crippen LogP contribution is -2.40. The number of piperidine rings is 1. The van der Waals surface area contributed by atoms with Gasteiger partial charge in [-0.1, -0.05) is 6.92 Å². The van der Waals surface area contributed by atoms with Gasteiger partial charge in [-0.05, 0) is 32.1 Å². The van der Waals surface area contributed by atoms with E-state index in [2.05, 4.69) is 5.32 Å². The zero-order valence-electron chi connectivity index (χ0n) is 11.4. The Kier molecular flexibility index (Phi) is 6.54. The van der Waals surface area contributed by atoms with Crippen LogP contribution in [-0.4, -0.2) is 43.1 Å². The molecule has 0 radical (unpaired) electrons. The van der Waals surface area contributed by atoms with Crippen LogP contribution in [-0.2, 0) is 9.53 Å². The van der Waals surface area contributed by atoms with E-state index < -0.39 is 0 Å². The van der Waals surface area contributed by atoms with Crippen molar-refractivity contribution >= 4 is 12.0 Å². The van der Waals surface area contributed by atoms with E-state index in [4.69, 9.17) is 4.74 Å². The quantitative estimate of drug-likeness (QED) is 0.820. The first-order valence-electron chi connectivity index (χ1n) is 6.85. The molecule has 1 fully saturated rings. The van der Waals surface area contributed by atoms with Crippen molar-refractivity contribution in [2.24, 2.45) is 5.92 Å². The summed E-state index contributed by atoms with van der Waals surface area (Å²) in [6, 6.07) is 0. The minimum atomic E-state index is -0.215. The second-order valence-corrected chi connectivity index (χ2v) is 4.70. The Morgan fingerprint density at radius 1 is 1.33 bits per heavy atom. The molecule has 0 bridgehead atoms. The minimum Gasteiger partial charge on any atom is -0.449 e. The summed E-state index contributed by atoms with van der Waals surface area (Å²) in [6.07, 6.45) is 2.98. The van der Waals surface area contributed by atoms with E-state index in [1.54, 1.807) is 4.90 Å². The lowest BCUT2D eigenvalue weighted by molar-refractivity contribution is -0.122. The number of nitrogens with zero attached hydrogens (tertiary/aromatic N) is 1. The highest BCUT2D eigenvalue weighted by Gasteiger charge is 2.24. The van der Waals surface area contributed by atoms with Crippen LogP contribution in [0, 0.1) is 5.92 Å². The first kappa shape index (κ1) is 14.8. The Morgan fingerprint density at radius 3 is 2.56 bits per heavy atom. The lowest BCUT2D eigenvalue weighted by Gasteiger charge is -2.30. The number of ether oxygens (including phenoxy) is 1. The Morgan fingerprint density at radius 2 is 2.00 bits per heavy atom. The van der Waals surface area contributed by atoms with Gasteiger partial charge in [-0.25, -0.2) is 4.79 Å². The van der Waals surface area contributed by atoms with E-state index in [1.807, 2.05) is 13.8 Å². The summed E-state index contributed by atoms with van der Waals surface area (Å²) < 4.78 is 5.09. The van der Waals surface area contributed by atoms with Crippen molar-refractivity contribution in [2.45, 2.75) is 39.5 Å². The standard InChI is InChI=1S/C13H24N2O3.H2/c1-3-9-18-13(17)15-7-5-11(6-8-15)10-12(16)14-4-2;/h11H,3-10H2,1-2H3,(H,14,16);1H. The van der Waals surface area contributed by atoms with Gasteiger partial charge in [0.15, 0.2) is 0 Å². The molecule has 0 aromatic carbocycles. The van der Waals surface area contributed by atoms with Crippen LogP contribution < -0.4 is 5.32 Å². The molecule has 1 aliphatic rings. The van der Waals surface area contributed by atoms with Gasteiger partial charge in [0, 0.05) is 27.5 Å². The fourth-order valence-electron chi connectivity index (χ4n) is 2.13. The molecule has 5 heteroatoms. The van der Waals surface area contributed by atoms with E-state index >= 15 is 0 Å². The summed E-state index contributed by atoms with van der Waals surface area (Å²) in [7, 11) is 0. The predicted octanol–water partition coefficient (Wildman–Crippen LogP) is 2.02. The summed E-state index contributed by atoms with van der Waals surface area (Å²) in [5.41, 5.74) is 0. The number of nitrogens with one attached hydrogen (secondary N) is 1. The molecule has 1 aliphatic heterocycles. The number of amides is 2. The van der Waals surface area contributed by atoms with Crippen molar-refractivity contribution in [3.8, 4) is 0 Å². The number of likely N-dealkylation sites (tertiary alicyclic amines) is 1. The maximum absolute atomic E-state index is 11.6. The molecule has 1 heterocycles. The van der Waals surface area contributed by atoms with Gasteiger partial charge in [0.05, 0.1) is 6.61 Å². The molecule has 0 spiro atoms. The molecule has 1 N–H and O–H groups in total. The molecule has 0 aromatic rings. The van der Waals surface area contributed by atoms with Gasteiger partial charge in [-0.2, -0.15) is 0 Å². The molecule has 0 aliphatic carbocycles. The highest BCUT2D eigenvalue weighted by Crippen LogP contribution is 2.20. The maximum Gasteiger partial charge on any atom is 0.409 e. The molecular formula is C13H26N2O3. The number of rotatable bonds is 5. The van der Waals surface area contributed by atoms with Crippen molar-refractivity contribution in [1.82, 2.24) is 10.2 Å². The number of carbonyl (C=O) groups excluding carboxylic acids is 2. The first-order valence-corrected chi connectivity index (χ1v) is 6.85. The first-order chi connectivity index (χ1) is 8.67. The Labute approximate surface area is 110 Å². The van der Waals surface area contributed by atoms with Crippen LogP contribution in [0.2, 0.25) is 0 Å². The van der Waals surface area contributed by atoms with Crippen LogP contribution in [0.3, 0.4) is 0 Å². The highest BCUT2D eigenvalue weighted by molar-refractivity contribution is 5.76. The summed E-state index contributed by atoms with van der Waals surface area (Å²) in [5, 5.41) is 2.81. The molecule has 0 aromatic heterocycles. The molecule has 1 rings (SSSR count). The maximum atomic E-state index is 11.6. The largest absolute Gasteiger partial charge is 0.449 e. The van der Waals surface area contributed by atoms with Crippen molar-refractivity contribution in [1.29, 1.82) is 0 Å². The van der Waals surface area contributed by atoms with Crippen LogP contribution in [0.1, 0.15) is 41.0 Å². The van der Waals surface area contributed by atoms with Crippen molar-refractivity contribution in [2.75, 3.05) is 26.2 Å². The number of hydrogen-bond acceptors (Lipinski definition) is 3. The second-order valence-electron chi connectivity index (χ2n) is 4.70. The van der Waals surface area contributed by atoms with Crippen LogP contribution in [0.4, 0.5) is 4.79 Å². The molecule has 18 heavy (non-hydrogen) atoms. The third kappa shape index (κ3) is 4.94. The summed E-state index contributed by atoms with van der Waals surface area (Å²) in [4.78, 5) is 24.8. The fraction of sp³-hybridized carbons (Fsp3) is 0.846. The van der Waals surface area contributed by atoms with Gasteiger partial charge in [0.2, 0.25) is 5.91 Å². The van der Waals surface area contributed by atoms with Crippen LogP contribution in [0.15, 0.2) is 0 Å². The van der Waals surface area contributed by atoms with E-state index in [9.17, 15) is 9.59 Å². The molecule has 0 saturated carbocycles. The Bertz CT molecular complexity index is 279. The summed E-state index contributed by atoms with van der Waals surface area (Å²) in [5.74, 6) is 0.510. The van der Waals surface area contributed by atoms with Crippen LogP contribution in [0.5, 0.6) is 0 Å². The van der Waals surface area contributed by atoms with Gasteiger partial charge in [0.25, 0.3) is 0 Å². The van der Waals surface area contributed by atoms with Gasteiger partial charge < -0.3 is 15.0 Å². The highest BCUT2D eigenvalue weighted by atomic mass is 16.6.